The fourth-order valence-corrected chi connectivity index (χ4v) is 4.05. The summed E-state index contributed by atoms with van der Waals surface area (Å²) in [5.41, 5.74) is 2.58. The SMILES string of the molecule is O=C(NCCN1CCCCC1)C(=O)c1cn(Cc2ccccc2)c2ccccc12. The lowest BCUT2D eigenvalue weighted by Gasteiger charge is -2.26. The van der Waals surface area contributed by atoms with Crippen LogP contribution in [0.1, 0.15) is 35.2 Å². The number of carbonyl (C=O) groups excluding carboxylic acids is 2. The first-order valence-corrected chi connectivity index (χ1v) is 10.4. The third-order valence-electron chi connectivity index (χ3n) is 5.60. The van der Waals surface area contributed by atoms with Gasteiger partial charge >= 0.3 is 0 Å². The van der Waals surface area contributed by atoms with E-state index in [0.717, 1.165) is 36.1 Å². The Labute approximate surface area is 171 Å². The van der Waals surface area contributed by atoms with Crippen LogP contribution in [-0.4, -0.2) is 47.3 Å². The van der Waals surface area contributed by atoms with Crippen molar-refractivity contribution >= 4 is 22.6 Å². The molecule has 0 aliphatic carbocycles. The van der Waals surface area contributed by atoms with E-state index in [9.17, 15) is 9.59 Å². The predicted molar refractivity (Wildman–Crippen MR) is 115 cm³/mol. The van der Waals surface area contributed by atoms with E-state index >= 15 is 0 Å². The second-order valence-electron chi connectivity index (χ2n) is 7.66. The lowest BCUT2D eigenvalue weighted by Crippen LogP contribution is -2.39. The normalized spacial score (nSPS) is 14.8. The van der Waals surface area contributed by atoms with Crippen molar-refractivity contribution in [1.82, 2.24) is 14.8 Å². The Balaban J connectivity index is 1.47. The Bertz CT molecular complexity index is 988. The molecule has 5 heteroatoms. The summed E-state index contributed by atoms with van der Waals surface area (Å²) in [5, 5.41) is 3.63. The maximum absolute atomic E-state index is 12.9. The van der Waals surface area contributed by atoms with Crippen LogP contribution in [0.4, 0.5) is 0 Å². The minimum atomic E-state index is -0.523. The number of Topliss-reactive ketones (excluding diaryl/α,β-unsaturated/α-hetero) is 1. The van der Waals surface area contributed by atoms with Crippen molar-refractivity contribution in [3.8, 4) is 0 Å². The highest BCUT2D eigenvalue weighted by molar-refractivity contribution is 6.45. The summed E-state index contributed by atoms with van der Waals surface area (Å²) in [6.45, 7) is 4.13. The summed E-state index contributed by atoms with van der Waals surface area (Å²) in [6, 6.07) is 17.9. The smallest absolute Gasteiger partial charge is 0.292 e. The van der Waals surface area contributed by atoms with E-state index in [1.165, 1.54) is 19.3 Å². The fourth-order valence-electron chi connectivity index (χ4n) is 4.05. The molecule has 1 saturated heterocycles. The lowest BCUT2D eigenvalue weighted by molar-refractivity contribution is -0.117. The highest BCUT2D eigenvalue weighted by Crippen LogP contribution is 2.23. The van der Waals surface area contributed by atoms with Crippen molar-refractivity contribution < 1.29 is 9.59 Å². The molecule has 5 nitrogen and oxygen atoms in total. The zero-order valence-corrected chi connectivity index (χ0v) is 16.6. The molecule has 3 aromatic rings. The molecule has 2 aromatic carbocycles. The molecule has 1 aliphatic rings. The molecule has 0 bridgehead atoms. The maximum Gasteiger partial charge on any atom is 0.292 e. The summed E-state index contributed by atoms with van der Waals surface area (Å²) in [4.78, 5) is 27.7. The van der Waals surface area contributed by atoms with Crippen molar-refractivity contribution in [1.29, 1.82) is 0 Å². The van der Waals surface area contributed by atoms with Gasteiger partial charge in [-0.3, -0.25) is 9.59 Å². The minimum Gasteiger partial charge on any atom is -0.348 e. The first-order valence-electron chi connectivity index (χ1n) is 10.4. The number of rotatable bonds is 7. The molecule has 0 saturated carbocycles. The van der Waals surface area contributed by atoms with Crippen molar-refractivity contribution in [2.24, 2.45) is 0 Å². The Hall–Kier alpha value is -2.92. The Morgan fingerprint density at radius 1 is 0.897 bits per heavy atom. The highest BCUT2D eigenvalue weighted by Gasteiger charge is 2.21. The van der Waals surface area contributed by atoms with Crippen LogP contribution in [0.15, 0.2) is 60.8 Å². The van der Waals surface area contributed by atoms with E-state index in [1.807, 2.05) is 53.2 Å². The van der Waals surface area contributed by atoms with E-state index in [1.54, 1.807) is 0 Å². The first kappa shape index (κ1) is 19.4. The van der Waals surface area contributed by atoms with Gasteiger partial charge in [0, 0.05) is 36.7 Å². The van der Waals surface area contributed by atoms with Gasteiger partial charge in [0.05, 0.1) is 5.56 Å². The van der Waals surface area contributed by atoms with Crippen LogP contribution in [0.2, 0.25) is 0 Å². The quantitative estimate of drug-likeness (QED) is 0.497. The third-order valence-corrected chi connectivity index (χ3v) is 5.60. The van der Waals surface area contributed by atoms with Gasteiger partial charge in [-0.1, -0.05) is 55.0 Å². The Morgan fingerprint density at radius 2 is 1.62 bits per heavy atom. The van der Waals surface area contributed by atoms with Crippen LogP contribution >= 0.6 is 0 Å². The molecule has 1 aromatic heterocycles. The van der Waals surface area contributed by atoms with Crippen molar-refractivity contribution in [2.75, 3.05) is 26.2 Å². The number of carbonyl (C=O) groups is 2. The van der Waals surface area contributed by atoms with E-state index in [2.05, 4.69) is 22.3 Å². The Kier molecular flexibility index (Phi) is 6.06. The van der Waals surface area contributed by atoms with Crippen LogP contribution in [0.3, 0.4) is 0 Å². The second kappa shape index (κ2) is 9.05. The molecule has 0 radical (unpaired) electrons. The molecule has 0 spiro atoms. The number of para-hydroxylation sites is 1. The molecule has 1 aliphatic heterocycles. The van der Waals surface area contributed by atoms with Gasteiger partial charge in [-0.2, -0.15) is 0 Å². The number of hydrogen-bond donors (Lipinski definition) is 1. The Morgan fingerprint density at radius 3 is 2.41 bits per heavy atom. The number of nitrogens with zero attached hydrogens (tertiary/aromatic N) is 2. The summed E-state index contributed by atoms with van der Waals surface area (Å²) >= 11 is 0. The number of likely N-dealkylation sites (tertiary alicyclic amines) is 1. The second-order valence-corrected chi connectivity index (χ2v) is 7.66. The van der Waals surface area contributed by atoms with Crippen LogP contribution in [0.25, 0.3) is 10.9 Å². The van der Waals surface area contributed by atoms with Gasteiger partial charge in [0.1, 0.15) is 0 Å². The standard InChI is InChI=1S/C24H27N3O2/c28-23(24(29)25-13-16-26-14-7-2-8-15-26)21-18-27(17-19-9-3-1-4-10-19)22-12-6-5-11-20(21)22/h1,3-6,9-12,18H,2,7-8,13-17H2,(H,25,29). The highest BCUT2D eigenvalue weighted by atomic mass is 16.2. The molecule has 2 heterocycles. The molecule has 1 N–H and O–H groups in total. The molecule has 1 amide bonds. The number of aromatic nitrogens is 1. The molecular weight excluding hydrogens is 362 g/mol. The van der Waals surface area contributed by atoms with Crippen LogP contribution < -0.4 is 5.32 Å². The topological polar surface area (TPSA) is 54.3 Å². The largest absolute Gasteiger partial charge is 0.348 e. The summed E-state index contributed by atoms with van der Waals surface area (Å²) < 4.78 is 2.04. The summed E-state index contributed by atoms with van der Waals surface area (Å²) in [5.74, 6) is -0.990. The predicted octanol–water partition coefficient (Wildman–Crippen LogP) is 3.47. The zero-order chi connectivity index (χ0) is 20.1. The van der Waals surface area contributed by atoms with Crippen molar-refractivity contribution in [3.63, 3.8) is 0 Å². The fraction of sp³-hybridized carbons (Fsp3) is 0.333. The molecule has 0 unspecified atom stereocenters. The van der Waals surface area contributed by atoms with Crippen LogP contribution in [0.5, 0.6) is 0 Å². The lowest BCUT2D eigenvalue weighted by atomic mass is 10.1. The zero-order valence-electron chi connectivity index (χ0n) is 16.6. The van der Waals surface area contributed by atoms with Gasteiger partial charge < -0.3 is 14.8 Å². The monoisotopic (exact) mass is 389 g/mol. The maximum atomic E-state index is 12.9. The number of ketones is 1. The number of fused-ring (bicyclic) bond motifs is 1. The number of hydrogen-bond acceptors (Lipinski definition) is 3. The van der Waals surface area contributed by atoms with Gasteiger partial charge in [0.25, 0.3) is 11.7 Å². The number of piperidine rings is 1. The molecule has 1 fully saturated rings. The van der Waals surface area contributed by atoms with Crippen molar-refractivity contribution in [3.05, 3.63) is 71.9 Å². The molecular formula is C24H27N3O2. The van der Waals surface area contributed by atoms with E-state index in [4.69, 9.17) is 0 Å². The molecule has 4 rings (SSSR count). The van der Waals surface area contributed by atoms with Gasteiger partial charge in [0.2, 0.25) is 0 Å². The minimum absolute atomic E-state index is 0.465. The van der Waals surface area contributed by atoms with E-state index in [0.29, 0.717) is 18.7 Å². The van der Waals surface area contributed by atoms with Crippen molar-refractivity contribution in [2.45, 2.75) is 25.8 Å². The average molecular weight is 389 g/mol. The van der Waals surface area contributed by atoms with Gasteiger partial charge in [-0.05, 0) is 37.6 Å². The van der Waals surface area contributed by atoms with Gasteiger partial charge in [-0.25, -0.2) is 0 Å². The average Bonchev–Trinajstić information content (AvgIpc) is 3.13. The van der Waals surface area contributed by atoms with Crippen LogP contribution in [-0.2, 0) is 11.3 Å². The first-order chi connectivity index (χ1) is 14.2. The number of benzene rings is 2. The van der Waals surface area contributed by atoms with E-state index < -0.39 is 11.7 Å². The number of nitrogens with one attached hydrogen (secondary N) is 1. The van der Waals surface area contributed by atoms with Gasteiger partial charge in [-0.15, -0.1) is 0 Å². The molecule has 0 atom stereocenters. The van der Waals surface area contributed by atoms with Gasteiger partial charge in [0.15, 0.2) is 0 Å². The number of amides is 1. The molecule has 29 heavy (non-hydrogen) atoms. The van der Waals surface area contributed by atoms with Crippen LogP contribution in [0, 0.1) is 0 Å². The molecule has 150 valence electrons. The van der Waals surface area contributed by atoms with E-state index in [-0.39, 0.29) is 0 Å². The third kappa shape index (κ3) is 4.57. The summed E-state index contributed by atoms with van der Waals surface area (Å²) in [7, 11) is 0. The summed E-state index contributed by atoms with van der Waals surface area (Å²) in [6.07, 6.45) is 5.53.